The summed E-state index contributed by atoms with van der Waals surface area (Å²) in [4.78, 5) is 5.24. The van der Waals surface area contributed by atoms with Gasteiger partial charge in [-0.3, -0.25) is 4.99 Å². The lowest BCUT2D eigenvalue weighted by Gasteiger charge is -2.38. The molecule has 0 aliphatic carbocycles. The summed E-state index contributed by atoms with van der Waals surface area (Å²) in [5.74, 6) is 0. The molecule has 6 heteroatoms. The average Bonchev–Trinajstić information content (AvgIpc) is 2.72. The van der Waals surface area contributed by atoms with Crippen LogP contribution in [0.4, 0.5) is 0 Å². The lowest BCUT2D eigenvalue weighted by Crippen LogP contribution is -2.47. The van der Waals surface area contributed by atoms with Crippen LogP contribution in [-0.4, -0.2) is 48.4 Å². The minimum absolute atomic E-state index is 0.116. The van der Waals surface area contributed by atoms with Gasteiger partial charge in [-0.15, -0.1) is 0 Å². The normalized spacial score (nSPS) is 14.7. The van der Waals surface area contributed by atoms with E-state index in [2.05, 4.69) is 77.8 Å². The Morgan fingerprint density at radius 1 is 0.844 bits per heavy atom. The fraction of sp³-hybridized carbons (Fsp3) is 0.500. The topological polar surface area (TPSA) is 40.0 Å². The molecule has 4 nitrogen and oxygen atoms in total. The molecule has 0 aromatic heterocycles. The molecular formula is C26H41NO3Si2. The minimum Gasteiger partial charge on any atom is -0.414 e. The first-order valence-electron chi connectivity index (χ1n) is 11.4. The molecule has 2 aromatic rings. The van der Waals surface area contributed by atoms with Crippen molar-refractivity contribution in [1.82, 2.24) is 0 Å². The van der Waals surface area contributed by atoms with E-state index in [-0.39, 0.29) is 11.1 Å². The van der Waals surface area contributed by atoms with Crippen LogP contribution in [0, 0.1) is 0 Å². The first-order chi connectivity index (χ1) is 14.8. The van der Waals surface area contributed by atoms with Crippen molar-refractivity contribution in [3.8, 4) is 0 Å². The third-order valence-corrected chi connectivity index (χ3v) is 11.3. The van der Waals surface area contributed by atoms with E-state index in [1.165, 1.54) is 0 Å². The van der Waals surface area contributed by atoms with Crippen LogP contribution in [0.15, 0.2) is 65.7 Å². The number of rotatable bonds is 10. The summed E-state index contributed by atoms with van der Waals surface area (Å²) in [5, 5.41) is 0.116. The van der Waals surface area contributed by atoms with Crippen LogP contribution in [0.2, 0.25) is 37.8 Å². The highest BCUT2D eigenvalue weighted by molar-refractivity contribution is 6.74. The largest absolute Gasteiger partial charge is 0.414 e. The van der Waals surface area contributed by atoms with Crippen molar-refractivity contribution in [3.63, 3.8) is 0 Å². The van der Waals surface area contributed by atoms with E-state index in [4.69, 9.17) is 18.6 Å². The molecule has 0 amide bonds. The van der Waals surface area contributed by atoms with Crippen molar-refractivity contribution in [2.45, 2.75) is 70.9 Å². The fourth-order valence-electron chi connectivity index (χ4n) is 2.99. The third-order valence-electron chi connectivity index (χ3n) is 5.83. The third kappa shape index (κ3) is 7.78. The zero-order chi connectivity index (χ0) is 24.0. The van der Waals surface area contributed by atoms with Gasteiger partial charge in [-0.25, -0.2) is 0 Å². The van der Waals surface area contributed by atoms with E-state index in [1.807, 2.05) is 36.4 Å². The molecule has 0 saturated carbocycles. The van der Waals surface area contributed by atoms with Crippen LogP contribution in [0.1, 0.15) is 31.9 Å². The summed E-state index contributed by atoms with van der Waals surface area (Å²) in [5.41, 5.74) is 3.06. The van der Waals surface area contributed by atoms with E-state index in [0.717, 1.165) is 16.8 Å². The van der Waals surface area contributed by atoms with Gasteiger partial charge in [0.2, 0.25) is 0 Å². The zero-order valence-corrected chi connectivity index (χ0v) is 23.3. The van der Waals surface area contributed by atoms with Crippen molar-refractivity contribution in [2.24, 2.45) is 4.99 Å². The Morgan fingerprint density at radius 3 is 1.69 bits per heavy atom. The molecule has 0 saturated heterocycles. The Bertz CT molecular complexity index is 815. The van der Waals surface area contributed by atoms with Gasteiger partial charge < -0.3 is 13.6 Å². The van der Waals surface area contributed by atoms with Gasteiger partial charge >= 0.3 is 0 Å². The first kappa shape index (κ1) is 26.7. The van der Waals surface area contributed by atoms with Gasteiger partial charge in [-0.2, -0.15) is 0 Å². The molecule has 2 rings (SSSR count). The molecule has 0 aliphatic heterocycles. The highest BCUT2D eigenvalue weighted by Crippen LogP contribution is 2.37. The van der Waals surface area contributed by atoms with Gasteiger partial charge in [0.15, 0.2) is 22.9 Å². The van der Waals surface area contributed by atoms with Crippen LogP contribution in [-0.2, 0) is 13.6 Å². The smallest absolute Gasteiger partial charge is 0.192 e. The Balaban J connectivity index is 2.52. The molecule has 2 aromatic carbocycles. The van der Waals surface area contributed by atoms with Gasteiger partial charge in [0.05, 0.1) is 12.3 Å². The number of aliphatic imine (C=N–C) groups is 1. The minimum atomic E-state index is -1.96. The second-order valence-corrected chi connectivity index (χ2v) is 20.0. The Labute approximate surface area is 197 Å². The van der Waals surface area contributed by atoms with Crippen LogP contribution < -0.4 is 0 Å². The number of benzene rings is 2. The maximum Gasteiger partial charge on any atom is 0.192 e. The summed E-state index contributed by atoms with van der Waals surface area (Å²) < 4.78 is 18.9. The molecule has 0 radical (unpaired) electrons. The summed E-state index contributed by atoms with van der Waals surface area (Å²) in [6.45, 7) is 18.3. The van der Waals surface area contributed by atoms with Gasteiger partial charge in [0.25, 0.3) is 0 Å². The highest BCUT2D eigenvalue weighted by Gasteiger charge is 2.39. The van der Waals surface area contributed by atoms with Crippen molar-refractivity contribution in [3.05, 3.63) is 71.8 Å². The van der Waals surface area contributed by atoms with Crippen LogP contribution in [0.3, 0.4) is 0 Å². The number of hydrogen-bond acceptors (Lipinski definition) is 4. The molecule has 0 N–H and O–H groups in total. The lowest BCUT2D eigenvalue weighted by atomic mass is 10.0. The first-order valence-corrected chi connectivity index (χ1v) is 17.7. The van der Waals surface area contributed by atoms with E-state index in [0.29, 0.717) is 6.61 Å². The second kappa shape index (κ2) is 11.0. The molecule has 176 valence electrons. The fourth-order valence-corrected chi connectivity index (χ4v) is 4.96. The van der Waals surface area contributed by atoms with Gasteiger partial charge in [-0.1, -0.05) is 81.4 Å². The number of hydrogen-bond donors (Lipinski definition) is 0. The average molecular weight is 472 g/mol. The molecule has 0 bridgehead atoms. The summed E-state index contributed by atoms with van der Waals surface area (Å²) >= 11 is 0. The zero-order valence-electron chi connectivity index (χ0n) is 21.3. The SMILES string of the molecule is COC(O[Si](C)(C)C)C(CO[Si](C)(C)C(C)(C)C)N=C(c1ccccc1)c1ccccc1. The summed E-state index contributed by atoms with van der Waals surface area (Å²) in [6, 6.07) is 20.3. The highest BCUT2D eigenvalue weighted by atomic mass is 28.4. The molecule has 0 heterocycles. The second-order valence-electron chi connectivity index (χ2n) is 10.7. The van der Waals surface area contributed by atoms with Crippen molar-refractivity contribution < 1.29 is 13.6 Å². The molecule has 2 atom stereocenters. The van der Waals surface area contributed by atoms with Crippen molar-refractivity contribution >= 4 is 22.3 Å². The van der Waals surface area contributed by atoms with E-state index in [9.17, 15) is 0 Å². The predicted octanol–water partition coefficient (Wildman–Crippen LogP) is 6.74. The summed E-state index contributed by atoms with van der Waals surface area (Å²) in [7, 11) is -2.13. The standard InChI is InChI=1S/C26H41NO3Si2/c1-26(2,3)32(8,9)29-20-23(25(28-4)30-31(5,6)7)27-24(21-16-12-10-13-17-21)22-18-14-11-15-19-22/h10-19,23,25H,20H2,1-9H3. The molecule has 0 fully saturated rings. The Kier molecular flexibility index (Phi) is 9.19. The monoisotopic (exact) mass is 471 g/mol. The van der Waals surface area contributed by atoms with Gasteiger partial charge in [0.1, 0.15) is 6.04 Å². The van der Waals surface area contributed by atoms with E-state index >= 15 is 0 Å². The van der Waals surface area contributed by atoms with Gasteiger partial charge in [-0.05, 0) is 37.8 Å². The maximum atomic E-state index is 6.61. The molecule has 0 aliphatic rings. The predicted molar refractivity (Wildman–Crippen MR) is 141 cm³/mol. The van der Waals surface area contributed by atoms with E-state index < -0.39 is 22.9 Å². The molecule has 32 heavy (non-hydrogen) atoms. The Hall–Kier alpha value is -1.58. The lowest BCUT2D eigenvalue weighted by molar-refractivity contribution is -0.0822. The van der Waals surface area contributed by atoms with Crippen LogP contribution in [0.25, 0.3) is 0 Å². The Morgan fingerprint density at radius 2 is 1.31 bits per heavy atom. The van der Waals surface area contributed by atoms with Crippen molar-refractivity contribution in [2.75, 3.05) is 13.7 Å². The number of ether oxygens (including phenoxy) is 1. The van der Waals surface area contributed by atoms with Crippen LogP contribution >= 0.6 is 0 Å². The van der Waals surface area contributed by atoms with E-state index in [1.54, 1.807) is 7.11 Å². The number of nitrogens with zero attached hydrogens (tertiary/aromatic N) is 1. The van der Waals surface area contributed by atoms with Crippen LogP contribution in [0.5, 0.6) is 0 Å². The number of methoxy groups -OCH3 is 1. The molecule has 2 unspecified atom stereocenters. The van der Waals surface area contributed by atoms with Crippen molar-refractivity contribution in [1.29, 1.82) is 0 Å². The molecule has 0 spiro atoms. The van der Waals surface area contributed by atoms with Gasteiger partial charge in [0, 0.05) is 18.2 Å². The summed E-state index contributed by atoms with van der Waals surface area (Å²) in [6.07, 6.45) is -0.464. The quantitative estimate of drug-likeness (QED) is 0.219. The molecular weight excluding hydrogens is 430 g/mol. The maximum absolute atomic E-state index is 6.61.